The van der Waals surface area contributed by atoms with Gasteiger partial charge in [-0.05, 0) is 61.4 Å². The van der Waals surface area contributed by atoms with E-state index in [-0.39, 0.29) is 29.3 Å². The van der Waals surface area contributed by atoms with Crippen LogP contribution in [0.2, 0.25) is 0 Å². The quantitative estimate of drug-likeness (QED) is 0.0996. The van der Waals surface area contributed by atoms with E-state index >= 15 is 0 Å². The first kappa shape index (κ1) is 40.1. The van der Waals surface area contributed by atoms with Crippen LogP contribution in [0.25, 0.3) is 0 Å². The predicted molar refractivity (Wildman–Crippen MR) is 164 cm³/mol. The molecule has 2 aromatic carbocycles. The first-order valence-electron chi connectivity index (χ1n) is 16.5. The Morgan fingerprint density at radius 1 is 0.816 bits per heavy atom. The zero-order chi connectivity index (χ0) is 36.7. The number of carboxylic acids is 1. The summed E-state index contributed by atoms with van der Waals surface area (Å²) in [6.07, 6.45) is -3.78. The van der Waals surface area contributed by atoms with Gasteiger partial charge in [-0.25, -0.2) is 0 Å². The molecule has 0 saturated heterocycles. The zero-order valence-corrected chi connectivity index (χ0v) is 27.2. The van der Waals surface area contributed by atoms with Crippen molar-refractivity contribution in [2.45, 2.75) is 126 Å². The molecule has 0 spiro atoms. The molecule has 0 aliphatic carbocycles. The third-order valence-electron chi connectivity index (χ3n) is 9.56. The van der Waals surface area contributed by atoms with Gasteiger partial charge in [0.25, 0.3) is 0 Å². The van der Waals surface area contributed by atoms with Crippen LogP contribution in [0.5, 0.6) is 17.2 Å². The highest BCUT2D eigenvalue weighted by molar-refractivity contribution is 5.69. The van der Waals surface area contributed by atoms with E-state index < -0.39 is 55.1 Å². The van der Waals surface area contributed by atoms with Crippen LogP contribution in [0.1, 0.15) is 107 Å². The Bertz CT molecular complexity index is 1360. The van der Waals surface area contributed by atoms with Crippen LogP contribution in [-0.4, -0.2) is 51.8 Å². The molecule has 3 unspecified atom stereocenters. The van der Waals surface area contributed by atoms with Gasteiger partial charge in [0, 0.05) is 23.8 Å². The fourth-order valence-corrected chi connectivity index (χ4v) is 6.86. The van der Waals surface area contributed by atoms with Gasteiger partial charge < -0.3 is 20.1 Å². The van der Waals surface area contributed by atoms with Gasteiger partial charge in [0.05, 0.1) is 12.5 Å². The Morgan fingerprint density at radius 3 is 1.98 bits per heavy atom. The average Bonchev–Trinajstić information content (AvgIpc) is 3.01. The Morgan fingerprint density at radius 2 is 1.39 bits per heavy atom. The van der Waals surface area contributed by atoms with Crippen LogP contribution >= 0.6 is 0 Å². The molecule has 5 nitrogen and oxygen atoms in total. The molecule has 0 radical (unpaired) electrons. The van der Waals surface area contributed by atoms with Crippen molar-refractivity contribution in [1.82, 2.24) is 0 Å². The number of phenolic OH excluding ortho intramolecular Hbond substituents is 2. The molecule has 0 fully saturated rings. The molecule has 3 N–H and O–H groups in total. The van der Waals surface area contributed by atoms with Crippen molar-refractivity contribution >= 4 is 5.97 Å². The van der Waals surface area contributed by atoms with Crippen molar-refractivity contribution in [3.05, 3.63) is 53.6 Å². The third-order valence-corrected chi connectivity index (χ3v) is 9.56. The molecule has 14 heteroatoms. The van der Waals surface area contributed by atoms with Gasteiger partial charge in [0.1, 0.15) is 17.2 Å². The number of carboxylic acid groups (broad SMARTS) is 1. The number of phenols is 2. The number of ether oxygens (including phenoxy) is 1. The van der Waals surface area contributed by atoms with E-state index in [4.69, 9.17) is 4.74 Å². The summed E-state index contributed by atoms with van der Waals surface area (Å²) in [6, 6.07) is 12.2. The van der Waals surface area contributed by atoms with Gasteiger partial charge in [-0.2, -0.15) is 39.5 Å². The minimum absolute atomic E-state index is 0.00782. The van der Waals surface area contributed by atoms with Gasteiger partial charge >= 0.3 is 29.9 Å². The lowest BCUT2D eigenvalue weighted by Gasteiger charge is -2.45. The summed E-state index contributed by atoms with van der Waals surface area (Å²) < 4.78 is 124. The molecule has 0 saturated carbocycles. The second-order valence-corrected chi connectivity index (χ2v) is 13.0. The highest BCUT2D eigenvalue weighted by Gasteiger charge is 2.81. The number of rotatable bonds is 19. The van der Waals surface area contributed by atoms with Crippen LogP contribution in [0.15, 0.2) is 42.5 Å². The molecular formula is C35H43F9O5. The molecule has 0 amide bonds. The summed E-state index contributed by atoms with van der Waals surface area (Å²) in [5, 5.41) is 29.3. The van der Waals surface area contributed by atoms with E-state index in [2.05, 4.69) is 6.92 Å². The van der Waals surface area contributed by atoms with E-state index in [1.807, 2.05) is 18.2 Å². The number of alkyl halides is 9. The van der Waals surface area contributed by atoms with E-state index in [9.17, 15) is 59.6 Å². The summed E-state index contributed by atoms with van der Waals surface area (Å²) in [5.41, 5.74) is 1.67. The zero-order valence-electron chi connectivity index (χ0n) is 27.2. The third kappa shape index (κ3) is 9.08. The molecule has 49 heavy (non-hydrogen) atoms. The Labute approximate surface area is 279 Å². The second-order valence-electron chi connectivity index (χ2n) is 13.0. The Balaban J connectivity index is 1.50. The molecular weight excluding hydrogens is 671 g/mol. The van der Waals surface area contributed by atoms with Crippen LogP contribution in [0.3, 0.4) is 0 Å². The SMILES string of the molecule is CCCC1(c2ccc(O)cc2)COc2cc(O)ccc2C1CCCCCCCCC(CCCC(F)(F)C(F)(F)C(F)(F)C(F)(F)F)C(=O)O. The van der Waals surface area contributed by atoms with E-state index in [0.717, 1.165) is 56.1 Å². The van der Waals surface area contributed by atoms with Crippen molar-refractivity contribution in [2.24, 2.45) is 5.92 Å². The highest BCUT2D eigenvalue weighted by atomic mass is 19.4. The number of aromatic hydroxyl groups is 2. The average molecular weight is 715 g/mol. The lowest BCUT2D eigenvalue weighted by molar-refractivity contribution is -0.396. The molecule has 1 aliphatic heterocycles. The Hall–Kier alpha value is -3.32. The topological polar surface area (TPSA) is 87.0 Å². The van der Waals surface area contributed by atoms with E-state index in [1.165, 1.54) is 0 Å². The summed E-state index contributed by atoms with van der Waals surface area (Å²) in [7, 11) is 0. The minimum atomic E-state index is -6.96. The van der Waals surface area contributed by atoms with Crippen molar-refractivity contribution in [3.63, 3.8) is 0 Å². The Kier molecular flexibility index (Phi) is 13.2. The van der Waals surface area contributed by atoms with Crippen LogP contribution in [0, 0.1) is 5.92 Å². The molecule has 276 valence electrons. The lowest BCUT2D eigenvalue weighted by atomic mass is 9.62. The largest absolute Gasteiger partial charge is 0.508 e. The number of aliphatic carboxylic acids is 1. The lowest BCUT2D eigenvalue weighted by Crippen LogP contribution is -2.60. The summed E-state index contributed by atoms with van der Waals surface area (Å²) >= 11 is 0. The van der Waals surface area contributed by atoms with Crippen LogP contribution < -0.4 is 4.74 Å². The molecule has 0 bridgehead atoms. The fraction of sp³-hybridized carbons (Fsp3) is 0.629. The van der Waals surface area contributed by atoms with E-state index in [1.54, 1.807) is 24.3 Å². The van der Waals surface area contributed by atoms with Gasteiger partial charge in [-0.3, -0.25) is 4.79 Å². The van der Waals surface area contributed by atoms with E-state index in [0.29, 0.717) is 25.2 Å². The van der Waals surface area contributed by atoms with Crippen molar-refractivity contribution in [2.75, 3.05) is 6.61 Å². The number of fused-ring (bicyclic) bond motifs is 1. The second kappa shape index (κ2) is 16.1. The monoisotopic (exact) mass is 714 g/mol. The van der Waals surface area contributed by atoms with Crippen LogP contribution in [0.4, 0.5) is 39.5 Å². The normalized spacial score (nSPS) is 19.3. The maximum atomic E-state index is 13.8. The smallest absolute Gasteiger partial charge is 0.460 e. The number of hydrogen-bond donors (Lipinski definition) is 3. The van der Waals surface area contributed by atoms with Crippen molar-refractivity contribution < 1.29 is 64.4 Å². The highest BCUT2D eigenvalue weighted by Crippen LogP contribution is 2.55. The maximum Gasteiger partial charge on any atom is 0.460 e. The fourth-order valence-electron chi connectivity index (χ4n) is 6.86. The number of carbonyl (C=O) groups is 1. The minimum Gasteiger partial charge on any atom is -0.508 e. The van der Waals surface area contributed by atoms with Gasteiger partial charge in [-0.15, -0.1) is 0 Å². The number of unbranched alkanes of at least 4 members (excludes halogenated alkanes) is 5. The molecule has 1 aliphatic rings. The van der Waals surface area contributed by atoms with Gasteiger partial charge in [0.15, 0.2) is 0 Å². The standard InChI is InChI=1S/C35H43F9O5/c1-2-19-31(24-13-15-25(45)16-14-24)22-49-29-21-26(46)17-18-27(29)28(31)12-8-6-4-3-5-7-10-23(30(47)48)11-9-20-32(36,37)33(38,39)34(40,41)35(42,43)44/h13-18,21,23,28,45-46H,2-12,19-20,22H2,1H3,(H,47,48). The number of hydrogen-bond acceptors (Lipinski definition) is 4. The van der Waals surface area contributed by atoms with Crippen molar-refractivity contribution in [1.29, 1.82) is 0 Å². The summed E-state index contributed by atoms with van der Waals surface area (Å²) in [5.74, 6) is -21.1. The molecule has 2 aromatic rings. The first-order chi connectivity index (χ1) is 22.8. The summed E-state index contributed by atoms with van der Waals surface area (Å²) in [4.78, 5) is 11.6. The number of halogens is 9. The molecule has 0 aromatic heterocycles. The molecule has 3 rings (SSSR count). The van der Waals surface area contributed by atoms with Crippen LogP contribution in [-0.2, 0) is 10.2 Å². The first-order valence-corrected chi connectivity index (χ1v) is 16.5. The van der Waals surface area contributed by atoms with Gasteiger partial charge in [-0.1, -0.05) is 70.1 Å². The predicted octanol–water partition coefficient (Wildman–Crippen LogP) is 10.8. The molecule has 1 heterocycles. The summed E-state index contributed by atoms with van der Waals surface area (Å²) in [6.45, 7) is 2.49. The van der Waals surface area contributed by atoms with Gasteiger partial charge in [0.2, 0.25) is 0 Å². The van der Waals surface area contributed by atoms with Crippen molar-refractivity contribution in [3.8, 4) is 17.2 Å². The molecule has 3 atom stereocenters. The maximum absolute atomic E-state index is 13.8. The number of benzene rings is 2.